The van der Waals surface area contributed by atoms with Crippen LogP contribution in [0.3, 0.4) is 0 Å². The molecule has 2 aliphatic rings. The minimum absolute atomic E-state index is 0.0707. The molecule has 144 valence electrons. The smallest absolute Gasteiger partial charge is 0.294 e. The summed E-state index contributed by atoms with van der Waals surface area (Å²) >= 11 is 1.27. The molecule has 1 amide bonds. The van der Waals surface area contributed by atoms with Crippen LogP contribution in [0.25, 0.3) is 0 Å². The fourth-order valence-electron chi connectivity index (χ4n) is 3.63. The van der Waals surface area contributed by atoms with Crippen LogP contribution in [0.15, 0.2) is 77.4 Å². The van der Waals surface area contributed by atoms with Crippen molar-refractivity contribution in [1.82, 2.24) is 0 Å². The summed E-state index contributed by atoms with van der Waals surface area (Å²) in [6.07, 6.45) is 0. The highest BCUT2D eigenvalue weighted by atomic mass is 32.1. The molecule has 1 N–H and O–H groups in total. The number of Topliss-reactive ketones (excluding diaryl/α,β-unsaturated/α-hetero) is 1. The molecule has 29 heavy (non-hydrogen) atoms. The molecule has 3 aromatic rings. The minimum Gasteiger partial charge on any atom is -0.503 e. The van der Waals surface area contributed by atoms with E-state index in [2.05, 4.69) is 0 Å². The summed E-state index contributed by atoms with van der Waals surface area (Å²) in [5.41, 5.74) is 1.30. The van der Waals surface area contributed by atoms with Gasteiger partial charge in [0.05, 0.1) is 16.5 Å². The molecular formula is C22H15NO5S. The summed E-state index contributed by atoms with van der Waals surface area (Å²) in [6, 6.07) is 17.0. The van der Waals surface area contributed by atoms with Crippen molar-refractivity contribution in [3.8, 4) is 11.5 Å². The second-order valence-electron chi connectivity index (χ2n) is 6.59. The summed E-state index contributed by atoms with van der Waals surface area (Å²) in [5.74, 6) is -0.418. The first kappa shape index (κ1) is 17.5. The van der Waals surface area contributed by atoms with Gasteiger partial charge in [0.2, 0.25) is 12.6 Å². The standard InChI is InChI=1S/C22H15NO5S/c24-20(17-7-4-10-29-17)18-19(13-5-2-1-3-6-13)23(22(26)21(18)25)14-8-9-15-16(11-14)28-12-27-15/h1-11,19,25H,12H2. The van der Waals surface area contributed by atoms with Gasteiger partial charge in [-0.2, -0.15) is 0 Å². The third-order valence-corrected chi connectivity index (χ3v) is 5.82. The Morgan fingerprint density at radius 3 is 2.59 bits per heavy atom. The molecular weight excluding hydrogens is 390 g/mol. The number of carbonyl (C=O) groups excluding carboxylic acids is 2. The average molecular weight is 405 g/mol. The van der Waals surface area contributed by atoms with Crippen LogP contribution in [0.1, 0.15) is 21.3 Å². The maximum atomic E-state index is 13.2. The zero-order valence-electron chi connectivity index (χ0n) is 15.1. The van der Waals surface area contributed by atoms with Crippen LogP contribution in [0.4, 0.5) is 5.69 Å². The highest BCUT2D eigenvalue weighted by Crippen LogP contribution is 2.44. The van der Waals surface area contributed by atoms with Gasteiger partial charge >= 0.3 is 0 Å². The van der Waals surface area contributed by atoms with Gasteiger partial charge in [-0.05, 0) is 29.1 Å². The van der Waals surface area contributed by atoms with Gasteiger partial charge in [0.15, 0.2) is 17.3 Å². The second-order valence-corrected chi connectivity index (χ2v) is 7.54. The number of amides is 1. The van der Waals surface area contributed by atoms with E-state index in [0.717, 1.165) is 5.56 Å². The van der Waals surface area contributed by atoms with Gasteiger partial charge in [-0.15, -0.1) is 11.3 Å². The second kappa shape index (κ2) is 6.79. The summed E-state index contributed by atoms with van der Waals surface area (Å²) in [5, 5.41) is 12.5. The van der Waals surface area contributed by atoms with Gasteiger partial charge < -0.3 is 14.6 Å². The van der Waals surface area contributed by atoms with Crippen LogP contribution < -0.4 is 14.4 Å². The lowest BCUT2D eigenvalue weighted by Crippen LogP contribution is -2.31. The zero-order valence-corrected chi connectivity index (χ0v) is 15.9. The van der Waals surface area contributed by atoms with E-state index in [1.54, 1.807) is 35.7 Å². The number of carbonyl (C=O) groups is 2. The molecule has 2 aromatic carbocycles. The lowest BCUT2D eigenvalue weighted by atomic mass is 9.95. The topological polar surface area (TPSA) is 76.1 Å². The van der Waals surface area contributed by atoms with Crippen molar-refractivity contribution < 1.29 is 24.2 Å². The van der Waals surface area contributed by atoms with E-state index in [0.29, 0.717) is 22.1 Å². The highest BCUT2D eigenvalue weighted by molar-refractivity contribution is 7.12. The Balaban J connectivity index is 1.65. The molecule has 0 saturated carbocycles. The lowest BCUT2D eigenvalue weighted by Gasteiger charge is -2.27. The van der Waals surface area contributed by atoms with Crippen LogP contribution in [0, 0.1) is 0 Å². The number of ether oxygens (including phenoxy) is 2. The third-order valence-electron chi connectivity index (χ3n) is 4.95. The molecule has 1 aromatic heterocycles. The number of aliphatic hydroxyl groups excluding tert-OH is 1. The largest absolute Gasteiger partial charge is 0.503 e. The molecule has 6 nitrogen and oxygen atoms in total. The molecule has 0 fully saturated rings. The maximum Gasteiger partial charge on any atom is 0.294 e. The Hall–Kier alpha value is -3.58. The predicted molar refractivity (Wildman–Crippen MR) is 108 cm³/mol. The van der Waals surface area contributed by atoms with Crippen molar-refractivity contribution in [2.24, 2.45) is 0 Å². The van der Waals surface area contributed by atoms with Crippen molar-refractivity contribution in [1.29, 1.82) is 0 Å². The normalized spacial score (nSPS) is 17.9. The Morgan fingerprint density at radius 1 is 1.03 bits per heavy atom. The fraction of sp³-hybridized carbons (Fsp3) is 0.0909. The third kappa shape index (κ3) is 2.78. The highest BCUT2D eigenvalue weighted by Gasteiger charge is 2.45. The molecule has 0 bridgehead atoms. The predicted octanol–water partition coefficient (Wildman–Crippen LogP) is 4.26. The van der Waals surface area contributed by atoms with Crippen molar-refractivity contribution in [3.63, 3.8) is 0 Å². The van der Waals surface area contributed by atoms with Crippen molar-refractivity contribution in [2.45, 2.75) is 6.04 Å². The molecule has 2 aliphatic heterocycles. The van der Waals surface area contributed by atoms with Crippen LogP contribution >= 0.6 is 11.3 Å². The van der Waals surface area contributed by atoms with Crippen LogP contribution in [-0.4, -0.2) is 23.6 Å². The first-order valence-corrected chi connectivity index (χ1v) is 9.82. The van der Waals surface area contributed by atoms with Gasteiger partial charge in [-0.3, -0.25) is 14.5 Å². The number of rotatable bonds is 4. The van der Waals surface area contributed by atoms with Crippen molar-refractivity contribution in [2.75, 3.05) is 11.7 Å². The quantitative estimate of drug-likeness (QED) is 0.657. The molecule has 1 unspecified atom stereocenters. The summed E-state index contributed by atoms with van der Waals surface area (Å²) < 4.78 is 10.8. The Morgan fingerprint density at radius 2 is 1.83 bits per heavy atom. The lowest BCUT2D eigenvalue weighted by molar-refractivity contribution is -0.117. The molecule has 3 heterocycles. The number of nitrogens with zero attached hydrogens (tertiary/aromatic N) is 1. The first-order chi connectivity index (χ1) is 14.1. The van der Waals surface area contributed by atoms with E-state index in [1.165, 1.54) is 16.2 Å². The van der Waals surface area contributed by atoms with Gasteiger partial charge in [-0.25, -0.2) is 0 Å². The molecule has 0 radical (unpaired) electrons. The number of fused-ring (bicyclic) bond motifs is 1. The van der Waals surface area contributed by atoms with Gasteiger partial charge in [-0.1, -0.05) is 36.4 Å². The van der Waals surface area contributed by atoms with Crippen molar-refractivity contribution in [3.05, 3.63) is 87.8 Å². The van der Waals surface area contributed by atoms with Crippen molar-refractivity contribution >= 4 is 28.7 Å². The monoisotopic (exact) mass is 405 g/mol. The Bertz CT molecular complexity index is 1140. The van der Waals surface area contributed by atoms with Gasteiger partial charge in [0, 0.05) is 11.8 Å². The molecule has 0 saturated heterocycles. The SMILES string of the molecule is O=C(C1=C(O)C(=O)N(c2ccc3c(c2)OCO3)C1c1ccccc1)c1cccs1. The van der Waals surface area contributed by atoms with Crippen LogP contribution in [0.5, 0.6) is 11.5 Å². The Kier molecular flexibility index (Phi) is 4.10. The number of thiophene rings is 1. The van der Waals surface area contributed by atoms with Gasteiger partial charge in [0.25, 0.3) is 5.91 Å². The first-order valence-electron chi connectivity index (χ1n) is 8.94. The molecule has 5 rings (SSSR count). The number of hydrogen-bond acceptors (Lipinski definition) is 6. The summed E-state index contributed by atoms with van der Waals surface area (Å²) in [7, 11) is 0. The average Bonchev–Trinajstić information content (AvgIpc) is 3.48. The van der Waals surface area contributed by atoms with E-state index in [-0.39, 0.29) is 18.1 Å². The number of aliphatic hydroxyl groups is 1. The zero-order chi connectivity index (χ0) is 20.0. The van der Waals surface area contributed by atoms with E-state index in [4.69, 9.17) is 9.47 Å². The maximum absolute atomic E-state index is 13.2. The number of ketones is 1. The molecule has 0 spiro atoms. The number of benzene rings is 2. The summed E-state index contributed by atoms with van der Waals surface area (Å²) in [6.45, 7) is 0.112. The van der Waals surface area contributed by atoms with Gasteiger partial charge in [0.1, 0.15) is 0 Å². The number of anilines is 1. The van der Waals surface area contributed by atoms with E-state index < -0.39 is 17.7 Å². The number of hydrogen-bond donors (Lipinski definition) is 1. The van der Waals surface area contributed by atoms with E-state index in [9.17, 15) is 14.7 Å². The molecule has 1 atom stereocenters. The summed E-state index contributed by atoms with van der Waals surface area (Å²) in [4.78, 5) is 28.1. The molecule has 7 heteroatoms. The molecule has 0 aliphatic carbocycles. The van der Waals surface area contributed by atoms with Crippen LogP contribution in [-0.2, 0) is 4.79 Å². The van der Waals surface area contributed by atoms with Crippen LogP contribution in [0.2, 0.25) is 0 Å². The van der Waals surface area contributed by atoms with E-state index in [1.807, 2.05) is 30.3 Å². The van der Waals surface area contributed by atoms with E-state index >= 15 is 0 Å². The minimum atomic E-state index is -0.751. The Labute approximate surface area is 170 Å². The fourth-order valence-corrected chi connectivity index (χ4v) is 4.31.